The van der Waals surface area contributed by atoms with E-state index in [1.54, 1.807) is 11.9 Å². The molecule has 1 saturated heterocycles. The molecule has 0 aromatic heterocycles. The molecule has 2 aliphatic heterocycles. The van der Waals surface area contributed by atoms with Gasteiger partial charge in [0.05, 0.1) is 18.7 Å². The summed E-state index contributed by atoms with van der Waals surface area (Å²) in [6.07, 6.45) is 3.02. The van der Waals surface area contributed by atoms with E-state index in [0.29, 0.717) is 31.9 Å². The van der Waals surface area contributed by atoms with E-state index in [9.17, 15) is 9.90 Å². The Morgan fingerprint density at radius 3 is 2.92 bits per heavy atom. The average molecular weight is 326 g/mol. The zero-order valence-electron chi connectivity index (χ0n) is 13.9. The second-order valence-corrected chi connectivity index (χ2v) is 7.13. The molecule has 1 aromatic carbocycles. The van der Waals surface area contributed by atoms with Crippen molar-refractivity contribution in [2.24, 2.45) is 5.92 Å². The van der Waals surface area contributed by atoms with E-state index in [0.717, 1.165) is 23.7 Å². The van der Waals surface area contributed by atoms with Gasteiger partial charge in [-0.25, -0.2) is 0 Å². The second kappa shape index (κ2) is 5.80. The maximum Gasteiger partial charge on any atom is 0.230 e. The molecule has 1 aliphatic carbocycles. The van der Waals surface area contributed by atoms with Crippen molar-refractivity contribution < 1.29 is 14.6 Å². The van der Waals surface area contributed by atoms with Gasteiger partial charge in [-0.1, -0.05) is 11.8 Å². The van der Waals surface area contributed by atoms with Crippen LogP contribution in [0, 0.1) is 17.8 Å². The molecule has 126 valence electrons. The molecular formula is C19H22N2O3. The topological polar surface area (TPSA) is 53.0 Å². The Bertz CT molecular complexity index is 724. The van der Waals surface area contributed by atoms with Gasteiger partial charge in [0.25, 0.3) is 0 Å². The number of β-amino-alcohol motifs (C(OH)–C–C–N with tert-alkyl or cyclic N) is 1. The van der Waals surface area contributed by atoms with Gasteiger partial charge in [-0.3, -0.25) is 9.69 Å². The van der Waals surface area contributed by atoms with Crippen LogP contribution in [-0.2, 0) is 4.79 Å². The van der Waals surface area contributed by atoms with Crippen LogP contribution < -0.4 is 9.64 Å². The number of amides is 1. The number of carbonyl (C=O) groups excluding carboxylic acids is 1. The minimum Gasteiger partial charge on any atom is -0.491 e. The van der Waals surface area contributed by atoms with Crippen molar-refractivity contribution >= 4 is 11.6 Å². The minimum absolute atomic E-state index is 0.0344. The van der Waals surface area contributed by atoms with Gasteiger partial charge in [0.2, 0.25) is 5.91 Å². The van der Waals surface area contributed by atoms with E-state index in [4.69, 9.17) is 4.74 Å². The fourth-order valence-corrected chi connectivity index (χ4v) is 3.29. The summed E-state index contributed by atoms with van der Waals surface area (Å²) in [4.78, 5) is 15.8. The van der Waals surface area contributed by atoms with Crippen LogP contribution in [0.15, 0.2) is 18.2 Å². The molecule has 1 amide bonds. The van der Waals surface area contributed by atoms with Crippen molar-refractivity contribution in [2.45, 2.75) is 24.9 Å². The number of benzene rings is 1. The summed E-state index contributed by atoms with van der Waals surface area (Å²) in [5, 5.41) is 10.4. The highest BCUT2D eigenvalue weighted by molar-refractivity contribution is 5.95. The number of carbonyl (C=O) groups is 1. The van der Waals surface area contributed by atoms with E-state index in [1.807, 2.05) is 18.2 Å². The number of rotatable bonds is 2. The summed E-state index contributed by atoms with van der Waals surface area (Å²) in [6.45, 7) is 2.75. The summed E-state index contributed by atoms with van der Waals surface area (Å²) >= 11 is 0. The van der Waals surface area contributed by atoms with Crippen LogP contribution >= 0.6 is 0 Å². The summed E-state index contributed by atoms with van der Waals surface area (Å²) in [5.74, 6) is 7.63. The Kier molecular flexibility index (Phi) is 3.75. The second-order valence-electron chi connectivity index (χ2n) is 7.13. The maximum atomic E-state index is 12.0. The number of hydrogen-bond acceptors (Lipinski definition) is 4. The van der Waals surface area contributed by atoms with Gasteiger partial charge in [0.15, 0.2) is 5.60 Å². The highest BCUT2D eigenvalue weighted by Crippen LogP contribution is 2.33. The molecule has 5 nitrogen and oxygen atoms in total. The van der Waals surface area contributed by atoms with Gasteiger partial charge < -0.3 is 14.7 Å². The summed E-state index contributed by atoms with van der Waals surface area (Å²) in [7, 11) is 1.75. The maximum absolute atomic E-state index is 12.0. The zero-order valence-corrected chi connectivity index (χ0v) is 13.9. The molecule has 24 heavy (non-hydrogen) atoms. The molecule has 1 aromatic rings. The molecule has 1 N–H and O–H groups in total. The lowest BCUT2D eigenvalue weighted by Crippen LogP contribution is -2.61. The van der Waals surface area contributed by atoms with Crippen LogP contribution in [-0.4, -0.2) is 54.8 Å². The molecule has 0 unspecified atom stereocenters. The fourth-order valence-electron chi connectivity index (χ4n) is 3.29. The molecule has 1 saturated carbocycles. The molecule has 5 heteroatoms. The number of likely N-dealkylation sites (tertiary alicyclic amines) is 1. The van der Waals surface area contributed by atoms with Crippen molar-refractivity contribution in [3.63, 3.8) is 0 Å². The van der Waals surface area contributed by atoms with Crippen molar-refractivity contribution in [2.75, 3.05) is 38.2 Å². The minimum atomic E-state index is -0.903. The Balaban J connectivity index is 1.48. The lowest BCUT2D eigenvalue weighted by Gasteiger charge is -2.43. The van der Waals surface area contributed by atoms with E-state index in [-0.39, 0.29) is 5.91 Å². The molecule has 0 atom stereocenters. The molecule has 4 rings (SSSR count). The molecule has 0 bridgehead atoms. The standard InChI is InChI=1S/C19H22N2O3/c1-20-16-10-14(4-5-17(16)24-9-7-18(20)22)6-8-19(23)12-21(13-19)11-15-2-3-15/h4-5,10,15,23H,2-3,7,9,11-13H2,1H3. The van der Waals surface area contributed by atoms with Crippen LogP contribution in [0.25, 0.3) is 0 Å². The van der Waals surface area contributed by atoms with Crippen molar-refractivity contribution in [3.8, 4) is 17.6 Å². The lowest BCUT2D eigenvalue weighted by molar-refractivity contribution is -0.118. The van der Waals surface area contributed by atoms with Gasteiger partial charge in [0.1, 0.15) is 5.75 Å². The monoisotopic (exact) mass is 326 g/mol. The Labute approximate surface area is 142 Å². The van der Waals surface area contributed by atoms with Crippen LogP contribution in [0.4, 0.5) is 5.69 Å². The van der Waals surface area contributed by atoms with E-state index in [1.165, 1.54) is 12.8 Å². The predicted molar refractivity (Wildman–Crippen MR) is 91.0 cm³/mol. The molecule has 0 radical (unpaired) electrons. The fraction of sp³-hybridized carbons (Fsp3) is 0.526. The molecule has 2 fully saturated rings. The van der Waals surface area contributed by atoms with E-state index < -0.39 is 5.60 Å². The molecule has 3 aliphatic rings. The van der Waals surface area contributed by atoms with Crippen LogP contribution in [0.3, 0.4) is 0 Å². The zero-order chi connectivity index (χ0) is 16.7. The largest absolute Gasteiger partial charge is 0.491 e. The summed E-state index contributed by atoms with van der Waals surface area (Å²) < 4.78 is 5.61. The average Bonchev–Trinajstić information content (AvgIpc) is 3.35. The summed E-state index contributed by atoms with van der Waals surface area (Å²) in [6, 6.07) is 5.58. The first-order valence-corrected chi connectivity index (χ1v) is 8.54. The highest BCUT2D eigenvalue weighted by Gasteiger charge is 2.41. The van der Waals surface area contributed by atoms with Crippen LogP contribution in [0.5, 0.6) is 5.75 Å². The Hall–Kier alpha value is -2.03. The number of ether oxygens (including phenoxy) is 1. The number of anilines is 1. The first-order valence-electron chi connectivity index (χ1n) is 8.54. The first-order chi connectivity index (χ1) is 11.5. The van der Waals surface area contributed by atoms with Gasteiger partial charge in [-0.05, 0) is 37.0 Å². The number of aliphatic hydroxyl groups is 1. The smallest absolute Gasteiger partial charge is 0.230 e. The third-order valence-corrected chi connectivity index (χ3v) is 4.89. The quantitative estimate of drug-likeness (QED) is 0.831. The molecular weight excluding hydrogens is 304 g/mol. The molecule has 2 heterocycles. The SMILES string of the molecule is CN1C(=O)CCOc2ccc(C#CC3(O)CN(CC4CC4)C3)cc21. The van der Waals surface area contributed by atoms with Gasteiger partial charge >= 0.3 is 0 Å². The lowest BCUT2D eigenvalue weighted by atomic mass is 9.94. The Morgan fingerprint density at radius 2 is 2.17 bits per heavy atom. The van der Waals surface area contributed by atoms with Crippen LogP contribution in [0.1, 0.15) is 24.8 Å². The van der Waals surface area contributed by atoms with E-state index in [2.05, 4.69) is 16.7 Å². The highest BCUT2D eigenvalue weighted by atomic mass is 16.5. The number of nitrogens with zero attached hydrogens (tertiary/aromatic N) is 2. The van der Waals surface area contributed by atoms with E-state index >= 15 is 0 Å². The van der Waals surface area contributed by atoms with Gasteiger partial charge in [-0.15, -0.1) is 0 Å². The Morgan fingerprint density at radius 1 is 1.38 bits per heavy atom. The van der Waals surface area contributed by atoms with Gasteiger partial charge in [-0.2, -0.15) is 0 Å². The summed E-state index contributed by atoms with van der Waals surface area (Å²) in [5.41, 5.74) is 0.619. The van der Waals surface area contributed by atoms with Crippen LogP contribution in [0.2, 0.25) is 0 Å². The predicted octanol–water partition coefficient (Wildman–Crippen LogP) is 1.24. The number of fused-ring (bicyclic) bond motifs is 1. The third kappa shape index (κ3) is 3.12. The number of hydrogen-bond donors (Lipinski definition) is 1. The third-order valence-electron chi connectivity index (χ3n) is 4.89. The van der Waals surface area contributed by atoms with Gasteiger partial charge in [0, 0.05) is 32.2 Å². The molecule has 0 spiro atoms. The van der Waals surface area contributed by atoms with Crippen molar-refractivity contribution in [1.29, 1.82) is 0 Å². The van der Waals surface area contributed by atoms with Crippen molar-refractivity contribution in [3.05, 3.63) is 23.8 Å². The first kappa shape index (κ1) is 15.5. The normalized spacial score (nSPS) is 22.6. The van der Waals surface area contributed by atoms with Crippen molar-refractivity contribution in [1.82, 2.24) is 4.90 Å².